The van der Waals surface area contributed by atoms with Crippen molar-refractivity contribution in [3.05, 3.63) is 36.7 Å². The molecular weight excluding hydrogens is 290 g/mol. The molecule has 0 aliphatic carbocycles. The lowest BCUT2D eigenvalue weighted by Gasteiger charge is -2.31. The molecule has 7 heteroatoms. The third kappa shape index (κ3) is 3.40. The number of benzene rings is 1. The molecule has 0 radical (unpaired) electrons. The number of amides is 1. The predicted octanol–water partition coefficient (Wildman–Crippen LogP) is 1.48. The van der Waals surface area contributed by atoms with Crippen molar-refractivity contribution < 1.29 is 4.79 Å². The van der Waals surface area contributed by atoms with Crippen LogP contribution in [0.3, 0.4) is 0 Å². The third-order valence-electron chi connectivity index (χ3n) is 3.72. The first kappa shape index (κ1) is 15.5. The zero-order valence-electron chi connectivity index (χ0n) is 11.7. The monoisotopic (exact) mass is 307 g/mol. The molecule has 2 N–H and O–H groups in total. The molecule has 21 heavy (non-hydrogen) atoms. The van der Waals surface area contributed by atoms with Crippen molar-refractivity contribution in [1.29, 1.82) is 0 Å². The van der Waals surface area contributed by atoms with Gasteiger partial charge >= 0.3 is 0 Å². The molecule has 3 rings (SSSR count). The quantitative estimate of drug-likeness (QED) is 0.897. The van der Waals surface area contributed by atoms with E-state index in [0.717, 1.165) is 24.5 Å². The Kier molecular flexibility index (Phi) is 4.93. The van der Waals surface area contributed by atoms with E-state index in [0.29, 0.717) is 5.92 Å². The van der Waals surface area contributed by atoms with Gasteiger partial charge in [0.2, 0.25) is 5.91 Å². The summed E-state index contributed by atoms with van der Waals surface area (Å²) in [5.41, 5.74) is 1.66. The topological polar surface area (TPSA) is 71.8 Å². The van der Waals surface area contributed by atoms with Gasteiger partial charge in [-0.3, -0.25) is 4.79 Å². The largest absolute Gasteiger partial charge is 0.326 e. The summed E-state index contributed by atoms with van der Waals surface area (Å²) in [6.45, 7) is 3.83. The number of carbonyl (C=O) groups excluding carboxylic acids is 1. The summed E-state index contributed by atoms with van der Waals surface area (Å²) in [4.78, 5) is 13.6. The minimum Gasteiger partial charge on any atom is -0.326 e. The molecule has 1 aromatic carbocycles. The third-order valence-corrected chi connectivity index (χ3v) is 3.72. The Bertz CT molecular complexity index is 580. The number of carbonyl (C=O) groups is 1. The molecule has 1 aliphatic heterocycles. The second-order valence-electron chi connectivity index (χ2n) is 5.06. The standard InChI is InChI=1S/C14H17N5O.ClH/c1-10(11-8-15-9-11)14(20)18-12-2-4-13(5-3-12)19-16-6-7-17-19;/h2-7,10-11,15H,8-9H2,1H3,(H,18,20);1H. The minimum atomic E-state index is 0. The van der Waals surface area contributed by atoms with Crippen molar-refractivity contribution in [3.8, 4) is 5.69 Å². The van der Waals surface area contributed by atoms with Gasteiger partial charge in [0, 0.05) is 11.6 Å². The van der Waals surface area contributed by atoms with Crippen LogP contribution in [0.5, 0.6) is 0 Å². The number of hydrogen-bond donors (Lipinski definition) is 2. The van der Waals surface area contributed by atoms with Crippen molar-refractivity contribution in [2.75, 3.05) is 18.4 Å². The van der Waals surface area contributed by atoms with Gasteiger partial charge in [-0.15, -0.1) is 12.4 Å². The molecule has 6 nitrogen and oxygen atoms in total. The van der Waals surface area contributed by atoms with Crippen LogP contribution >= 0.6 is 12.4 Å². The normalized spacial score (nSPS) is 15.7. The second-order valence-corrected chi connectivity index (χ2v) is 5.06. The van der Waals surface area contributed by atoms with Gasteiger partial charge < -0.3 is 10.6 Å². The first-order valence-corrected chi connectivity index (χ1v) is 6.72. The predicted molar refractivity (Wildman–Crippen MR) is 82.8 cm³/mol. The van der Waals surface area contributed by atoms with Crippen molar-refractivity contribution >= 4 is 24.0 Å². The van der Waals surface area contributed by atoms with Crippen LogP contribution in [0.2, 0.25) is 0 Å². The Morgan fingerprint density at radius 1 is 1.29 bits per heavy atom. The fraction of sp³-hybridized carbons (Fsp3) is 0.357. The van der Waals surface area contributed by atoms with Crippen molar-refractivity contribution in [2.24, 2.45) is 11.8 Å². The number of nitrogens with one attached hydrogen (secondary N) is 2. The van der Waals surface area contributed by atoms with Crippen LogP contribution in [0.1, 0.15) is 6.92 Å². The molecule has 1 atom stereocenters. The highest BCUT2D eigenvalue weighted by Gasteiger charge is 2.28. The number of nitrogens with zero attached hydrogens (tertiary/aromatic N) is 3. The smallest absolute Gasteiger partial charge is 0.227 e. The number of aromatic nitrogens is 3. The molecule has 1 aliphatic rings. The maximum atomic E-state index is 12.1. The summed E-state index contributed by atoms with van der Waals surface area (Å²) in [6, 6.07) is 7.49. The Hall–Kier alpha value is -1.92. The summed E-state index contributed by atoms with van der Waals surface area (Å²) in [7, 11) is 0. The summed E-state index contributed by atoms with van der Waals surface area (Å²) in [5, 5.41) is 14.3. The van der Waals surface area contributed by atoms with Gasteiger partial charge in [-0.2, -0.15) is 15.0 Å². The summed E-state index contributed by atoms with van der Waals surface area (Å²) in [6.07, 6.45) is 3.26. The van der Waals surface area contributed by atoms with E-state index in [-0.39, 0.29) is 24.2 Å². The van der Waals surface area contributed by atoms with E-state index in [2.05, 4.69) is 20.8 Å². The lowest BCUT2D eigenvalue weighted by molar-refractivity contribution is -0.121. The Labute approximate surface area is 129 Å². The van der Waals surface area contributed by atoms with E-state index in [4.69, 9.17) is 0 Å². The van der Waals surface area contributed by atoms with E-state index in [1.165, 1.54) is 4.80 Å². The molecule has 0 saturated carbocycles. The first-order valence-electron chi connectivity index (χ1n) is 6.72. The molecule has 2 heterocycles. The molecule has 2 aromatic rings. The second kappa shape index (κ2) is 6.69. The van der Waals surface area contributed by atoms with Crippen molar-refractivity contribution in [3.63, 3.8) is 0 Å². The van der Waals surface area contributed by atoms with Crippen LogP contribution in [0.25, 0.3) is 5.69 Å². The molecular formula is C14H18ClN5O. The van der Waals surface area contributed by atoms with E-state index in [1.807, 2.05) is 31.2 Å². The maximum absolute atomic E-state index is 12.1. The molecule has 1 fully saturated rings. The minimum absolute atomic E-state index is 0. The molecule has 1 unspecified atom stereocenters. The van der Waals surface area contributed by atoms with Gasteiger partial charge in [-0.05, 0) is 43.3 Å². The fourth-order valence-electron chi connectivity index (χ4n) is 2.16. The Balaban J connectivity index is 0.00000161. The van der Waals surface area contributed by atoms with E-state index in [1.54, 1.807) is 12.4 Å². The van der Waals surface area contributed by atoms with Gasteiger partial charge in [-0.25, -0.2) is 0 Å². The van der Waals surface area contributed by atoms with E-state index >= 15 is 0 Å². The Morgan fingerprint density at radius 3 is 2.43 bits per heavy atom. The van der Waals surface area contributed by atoms with Crippen LogP contribution in [0.15, 0.2) is 36.7 Å². The highest BCUT2D eigenvalue weighted by Crippen LogP contribution is 2.19. The number of halogens is 1. The fourth-order valence-corrected chi connectivity index (χ4v) is 2.16. The average molecular weight is 308 g/mol. The number of rotatable bonds is 4. The summed E-state index contributed by atoms with van der Waals surface area (Å²) < 4.78 is 0. The zero-order valence-corrected chi connectivity index (χ0v) is 12.5. The van der Waals surface area contributed by atoms with Crippen LogP contribution in [0.4, 0.5) is 5.69 Å². The highest BCUT2D eigenvalue weighted by atomic mass is 35.5. The SMILES string of the molecule is CC(C(=O)Nc1ccc(-n2nccn2)cc1)C1CNC1.Cl. The van der Waals surface area contributed by atoms with Crippen molar-refractivity contribution in [1.82, 2.24) is 20.3 Å². The van der Waals surface area contributed by atoms with Crippen molar-refractivity contribution in [2.45, 2.75) is 6.92 Å². The van der Waals surface area contributed by atoms with Gasteiger partial charge in [0.15, 0.2) is 0 Å². The molecule has 0 bridgehead atoms. The Morgan fingerprint density at radius 2 is 1.90 bits per heavy atom. The number of hydrogen-bond acceptors (Lipinski definition) is 4. The van der Waals surface area contributed by atoms with E-state index in [9.17, 15) is 4.79 Å². The van der Waals surface area contributed by atoms with E-state index < -0.39 is 0 Å². The van der Waals surface area contributed by atoms with Crippen LogP contribution in [-0.2, 0) is 4.79 Å². The lowest BCUT2D eigenvalue weighted by Crippen LogP contribution is -2.48. The average Bonchev–Trinajstić information content (AvgIpc) is 2.91. The molecule has 1 saturated heterocycles. The summed E-state index contributed by atoms with van der Waals surface area (Å²) >= 11 is 0. The number of anilines is 1. The highest BCUT2D eigenvalue weighted by molar-refractivity contribution is 5.92. The van der Waals surface area contributed by atoms with Gasteiger partial charge in [-0.1, -0.05) is 6.92 Å². The van der Waals surface area contributed by atoms with Crippen LogP contribution in [-0.4, -0.2) is 34.0 Å². The molecule has 1 amide bonds. The first-order chi connectivity index (χ1) is 9.74. The van der Waals surface area contributed by atoms with Gasteiger partial charge in [0.1, 0.15) is 0 Å². The van der Waals surface area contributed by atoms with Crippen LogP contribution in [0, 0.1) is 11.8 Å². The van der Waals surface area contributed by atoms with Gasteiger partial charge in [0.05, 0.1) is 18.1 Å². The molecule has 112 valence electrons. The molecule has 0 spiro atoms. The van der Waals surface area contributed by atoms with Gasteiger partial charge in [0.25, 0.3) is 0 Å². The zero-order chi connectivity index (χ0) is 13.9. The maximum Gasteiger partial charge on any atom is 0.227 e. The molecule has 1 aromatic heterocycles. The van der Waals surface area contributed by atoms with Crippen LogP contribution < -0.4 is 10.6 Å². The lowest BCUT2D eigenvalue weighted by atomic mass is 9.88. The summed E-state index contributed by atoms with van der Waals surface area (Å²) in [5.74, 6) is 0.549.